The molecule has 6 heteroatoms. The molecule has 3 rings (SSSR count). The van der Waals surface area contributed by atoms with E-state index in [1.807, 2.05) is 6.92 Å². The third-order valence-corrected chi connectivity index (χ3v) is 5.06. The zero-order chi connectivity index (χ0) is 19.6. The van der Waals surface area contributed by atoms with Crippen molar-refractivity contribution in [1.29, 1.82) is 0 Å². The Kier molecular flexibility index (Phi) is 5.85. The molecule has 1 aliphatic carbocycles. The maximum absolute atomic E-state index is 13.7. The van der Waals surface area contributed by atoms with Crippen molar-refractivity contribution < 1.29 is 18.0 Å². The lowest BCUT2D eigenvalue weighted by atomic mass is 9.89. The number of hydrogen-bond acceptors (Lipinski definition) is 2. The van der Waals surface area contributed by atoms with Crippen molar-refractivity contribution in [3.63, 3.8) is 0 Å². The topological polar surface area (TPSA) is 41.1 Å². The first-order valence-electron chi connectivity index (χ1n) is 9.19. The van der Waals surface area contributed by atoms with Crippen molar-refractivity contribution in [2.24, 2.45) is 0 Å². The maximum Gasteiger partial charge on any atom is 0.241 e. The summed E-state index contributed by atoms with van der Waals surface area (Å²) in [6.07, 6.45) is 4.59. The normalized spacial score (nSPS) is 15.7. The molecular weight excluding hydrogens is 353 g/mol. The van der Waals surface area contributed by atoms with Crippen LogP contribution in [-0.2, 0) is 17.6 Å². The van der Waals surface area contributed by atoms with Crippen LogP contribution in [0.4, 0.5) is 18.9 Å². The Morgan fingerprint density at radius 1 is 0.963 bits per heavy atom. The van der Waals surface area contributed by atoms with Gasteiger partial charge in [-0.1, -0.05) is 18.2 Å². The van der Waals surface area contributed by atoms with Gasteiger partial charge < -0.3 is 5.32 Å². The largest absolute Gasteiger partial charge is 0.322 e. The summed E-state index contributed by atoms with van der Waals surface area (Å²) in [5, 5.41) is 5.47. The van der Waals surface area contributed by atoms with Crippen LogP contribution >= 0.6 is 0 Å². The number of rotatable bonds is 5. The van der Waals surface area contributed by atoms with Gasteiger partial charge in [0.25, 0.3) is 0 Å². The minimum absolute atomic E-state index is 0.0900. The Labute approximate surface area is 157 Å². The summed E-state index contributed by atoms with van der Waals surface area (Å²) in [5.41, 5.74) is 3.44. The number of nitrogens with one attached hydrogen (secondary N) is 2. The molecule has 0 fully saturated rings. The number of halogens is 3. The van der Waals surface area contributed by atoms with Crippen molar-refractivity contribution in [3.05, 3.63) is 64.5 Å². The third kappa shape index (κ3) is 4.33. The molecule has 0 heterocycles. The van der Waals surface area contributed by atoms with Crippen molar-refractivity contribution in [3.8, 4) is 0 Å². The summed E-state index contributed by atoms with van der Waals surface area (Å²) in [6.45, 7) is 3.59. The van der Waals surface area contributed by atoms with Crippen molar-refractivity contribution in [2.75, 3.05) is 5.32 Å². The van der Waals surface area contributed by atoms with Gasteiger partial charge in [-0.2, -0.15) is 0 Å². The van der Waals surface area contributed by atoms with E-state index in [0.717, 1.165) is 30.5 Å². The molecule has 0 aromatic heterocycles. The SMILES string of the molecule is C[C@@H](N[C@H](C)c1ccc2c(c1)CCCC2)C(=O)Nc1ccc(F)c(F)c1F. The Morgan fingerprint density at radius 3 is 2.41 bits per heavy atom. The van der Waals surface area contributed by atoms with Gasteiger partial charge in [0.2, 0.25) is 5.91 Å². The van der Waals surface area contributed by atoms with E-state index >= 15 is 0 Å². The summed E-state index contributed by atoms with van der Waals surface area (Å²) in [4.78, 5) is 12.3. The van der Waals surface area contributed by atoms with Crippen LogP contribution in [0.5, 0.6) is 0 Å². The predicted octanol–water partition coefficient (Wildman–Crippen LogP) is 4.66. The number of fused-ring (bicyclic) bond motifs is 1. The molecule has 2 N–H and O–H groups in total. The minimum atomic E-state index is -1.60. The first-order chi connectivity index (χ1) is 12.9. The van der Waals surface area contributed by atoms with Gasteiger partial charge >= 0.3 is 0 Å². The number of hydrogen-bond donors (Lipinski definition) is 2. The third-order valence-electron chi connectivity index (χ3n) is 5.06. The van der Waals surface area contributed by atoms with Crippen LogP contribution < -0.4 is 10.6 Å². The van der Waals surface area contributed by atoms with Gasteiger partial charge in [-0.3, -0.25) is 10.1 Å². The van der Waals surface area contributed by atoms with Crippen LogP contribution in [0, 0.1) is 17.5 Å². The summed E-state index contributed by atoms with van der Waals surface area (Å²) in [6, 6.07) is 7.42. The zero-order valence-corrected chi connectivity index (χ0v) is 15.4. The number of carbonyl (C=O) groups is 1. The summed E-state index contributed by atoms with van der Waals surface area (Å²) in [5.74, 6) is -4.82. The Morgan fingerprint density at radius 2 is 1.67 bits per heavy atom. The second-order valence-corrected chi connectivity index (χ2v) is 7.06. The summed E-state index contributed by atoms with van der Waals surface area (Å²) in [7, 11) is 0. The number of aryl methyl sites for hydroxylation is 2. The monoisotopic (exact) mass is 376 g/mol. The fourth-order valence-electron chi connectivity index (χ4n) is 3.43. The lowest BCUT2D eigenvalue weighted by molar-refractivity contribution is -0.118. The average molecular weight is 376 g/mol. The van der Waals surface area contributed by atoms with Gasteiger partial charge in [0, 0.05) is 6.04 Å². The quantitative estimate of drug-likeness (QED) is 0.745. The second kappa shape index (κ2) is 8.13. The fraction of sp³-hybridized carbons (Fsp3) is 0.381. The Hall–Kier alpha value is -2.34. The Balaban J connectivity index is 1.65. The van der Waals surface area contributed by atoms with Crippen molar-refractivity contribution in [2.45, 2.75) is 51.6 Å². The molecule has 0 unspecified atom stereocenters. The molecule has 3 nitrogen and oxygen atoms in total. The average Bonchev–Trinajstić information content (AvgIpc) is 2.67. The van der Waals surface area contributed by atoms with Crippen LogP contribution in [0.1, 0.15) is 49.4 Å². The van der Waals surface area contributed by atoms with Crippen molar-refractivity contribution in [1.82, 2.24) is 5.32 Å². The van der Waals surface area contributed by atoms with Crippen LogP contribution in [0.3, 0.4) is 0 Å². The van der Waals surface area contributed by atoms with E-state index in [1.54, 1.807) is 6.92 Å². The van der Waals surface area contributed by atoms with E-state index < -0.39 is 29.4 Å². The molecule has 1 aliphatic rings. The zero-order valence-electron chi connectivity index (χ0n) is 15.4. The molecule has 27 heavy (non-hydrogen) atoms. The standard InChI is InChI=1S/C21H23F3N2O/c1-12(15-8-7-14-5-3-4-6-16(14)11-15)25-13(2)21(27)26-18-10-9-17(22)19(23)20(18)24/h7-13,25H,3-6H2,1-2H3,(H,26,27)/t12-,13-/m1/s1. The molecular formula is C21H23F3N2O. The van der Waals surface area contributed by atoms with Crippen LogP contribution in [0.2, 0.25) is 0 Å². The van der Waals surface area contributed by atoms with Crippen LogP contribution in [-0.4, -0.2) is 11.9 Å². The van der Waals surface area contributed by atoms with Gasteiger partial charge in [-0.25, -0.2) is 13.2 Å². The van der Waals surface area contributed by atoms with Gasteiger partial charge in [0.15, 0.2) is 17.5 Å². The number of amides is 1. The van der Waals surface area contributed by atoms with E-state index in [-0.39, 0.29) is 11.7 Å². The number of benzene rings is 2. The van der Waals surface area contributed by atoms with Crippen molar-refractivity contribution >= 4 is 11.6 Å². The van der Waals surface area contributed by atoms with E-state index in [4.69, 9.17) is 0 Å². The van der Waals surface area contributed by atoms with Crippen LogP contribution in [0.25, 0.3) is 0 Å². The smallest absolute Gasteiger partial charge is 0.241 e. The van der Waals surface area contributed by atoms with Crippen LogP contribution in [0.15, 0.2) is 30.3 Å². The fourth-order valence-corrected chi connectivity index (χ4v) is 3.43. The molecule has 144 valence electrons. The van der Waals surface area contributed by atoms with Gasteiger partial charge in [-0.05, 0) is 68.4 Å². The van der Waals surface area contributed by atoms with Gasteiger partial charge in [0.05, 0.1) is 11.7 Å². The highest BCUT2D eigenvalue weighted by Crippen LogP contribution is 2.25. The molecule has 0 saturated carbocycles. The highest BCUT2D eigenvalue weighted by molar-refractivity contribution is 5.94. The van der Waals surface area contributed by atoms with E-state index in [9.17, 15) is 18.0 Å². The molecule has 0 saturated heterocycles. The number of anilines is 1. The van der Waals surface area contributed by atoms with E-state index in [0.29, 0.717) is 0 Å². The van der Waals surface area contributed by atoms with Gasteiger partial charge in [0.1, 0.15) is 0 Å². The van der Waals surface area contributed by atoms with E-state index in [2.05, 4.69) is 28.8 Å². The second-order valence-electron chi connectivity index (χ2n) is 7.06. The molecule has 1 amide bonds. The molecule has 2 atom stereocenters. The minimum Gasteiger partial charge on any atom is -0.322 e. The first-order valence-corrected chi connectivity index (χ1v) is 9.19. The summed E-state index contributed by atoms with van der Waals surface area (Å²) >= 11 is 0. The maximum atomic E-state index is 13.7. The molecule has 2 aromatic rings. The van der Waals surface area contributed by atoms with Gasteiger partial charge in [-0.15, -0.1) is 0 Å². The summed E-state index contributed by atoms with van der Waals surface area (Å²) < 4.78 is 40.0. The Bertz CT molecular complexity index is 854. The molecule has 0 bridgehead atoms. The highest BCUT2D eigenvalue weighted by atomic mass is 19.2. The highest BCUT2D eigenvalue weighted by Gasteiger charge is 2.21. The molecule has 0 spiro atoms. The predicted molar refractivity (Wildman–Crippen MR) is 99.0 cm³/mol. The number of carbonyl (C=O) groups excluding carboxylic acids is 1. The first kappa shape index (κ1) is 19.4. The lowest BCUT2D eigenvalue weighted by Gasteiger charge is -2.23. The molecule has 2 aromatic carbocycles. The van der Waals surface area contributed by atoms with E-state index in [1.165, 1.54) is 24.0 Å². The lowest BCUT2D eigenvalue weighted by Crippen LogP contribution is -2.39. The molecule has 0 aliphatic heterocycles. The molecule has 0 radical (unpaired) electrons.